The van der Waals surface area contributed by atoms with E-state index in [-0.39, 0.29) is 0 Å². The number of alkyl halides is 3. The van der Waals surface area contributed by atoms with Gasteiger partial charge >= 0.3 is 6.18 Å². The zero-order chi connectivity index (χ0) is 15.3. The molecule has 3 N–H and O–H groups in total. The molecule has 0 aliphatic heterocycles. The molecule has 0 amide bonds. The highest BCUT2D eigenvalue weighted by atomic mass is 19.4. The monoisotopic (exact) mass is 299 g/mol. The van der Waals surface area contributed by atoms with Crippen LogP contribution in [0.4, 0.5) is 13.2 Å². The minimum absolute atomic E-state index is 0.325. The Labute approximate surface area is 122 Å². The second kappa shape index (κ2) is 4.99. The van der Waals surface area contributed by atoms with Gasteiger partial charge in [-0.05, 0) is 48.8 Å². The van der Waals surface area contributed by atoms with E-state index < -0.39 is 23.3 Å². The average molecular weight is 299 g/mol. The average Bonchev–Trinajstić information content (AvgIpc) is 3.06. The number of halogens is 3. The summed E-state index contributed by atoms with van der Waals surface area (Å²) in [5.74, 6) is 0.899. The fourth-order valence-electron chi connectivity index (χ4n) is 4.40. The van der Waals surface area contributed by atoms with Gasteiger partial charge in [0.15, 0.2) is 0 Å². The van der Waals surface area contributed by atoms with Crippen molar-refractivity contribution in [2.45, 2.75) is 38.0 Å². The molecular formula is C16H20F3NO. The molecule has 0 radical (unpaired) electrons. The van der Waals surface area contributed by atoms with Crippen LogP contribution in [0.1, 0.15) is 42.9 Å². The van der Waals surface area contributed by atoms with Crippen LogP contribution in [0.5, 0.6) is 0 Å². The first-order valence-corrected chi connectivity index (χ1v) is 7.42. The fourth-order valence-corrected chi connectivity index (χ4v) is 4.40. The Morgan fingerprint density at radius 1 is 1.33 bits per heavy atom. The van der Waals surface area contributed by atoms with Crippen molar-refractivity contribution in [1.82, 2.24) is 0 Å². The number of fused-ring (bicyclic) bond motifs is 2. The summed E-state index contributed by atoms with van der Waals surface area (Å²) in [5.41, 5.74) is 5.11. The molecule has 2 nitrogen and oxygen atoms in total. The van der Waals surface area contributed by atoms with Crippen molar-refractivity contribution in [3.63, 3.8) is 0 Å². The van der Waals surface area contributed by atoms with Gasteiger partial charge in [-0.2, -0.15) is 13.2 Å². The van der Waals surface area contributed by atoms with Crippen LogP contribution in [0.2, 0.25) is 0 Å². The summed E-state index contributed by atoms with van der Waals surface area (Å²) in [6.07, 6.45) is -1.25. The van der Waals surface area contributed by atoms with E-state index in [0.717, 1.165) is 37.8 Å². The lowest BCUT2D eigenvalue weighted by Crippen LogP contribution is -2.41. The lowest BCUT2D eigenvalue weighted by Gasteiger charge is -2.41. The van der Waals surface area contributed by atoms with Gasteiger partial charge in [-0.25, -0.2) is 0 Å². The van der Waals surface area contributed by atoms with E-state index in [4.69, 9.17) is 5.73 Å². The van der Waals surface area contributed by atoms with Crippen LogP contribution in [-0.2, 0) is 6.18 Å². The highest BCUT2D eigenvalue weighted by molar-refractivity contribution is 5.29. The quantitative estimate of drug-likeness (QED) is 0.897. The summed E-state index contributed by atoms with van der Waals surface area (Å²) in [5, 5.41) is 10.7. The molecule has 0 aromatic heterocycles. The van der Waals surface area contributed by atoms with Crippen LogP contribution >= 0.6 is 0 Å². The largest absolute Gasteiger partial charge is 0.416 e. The molecule has 0 spiro atoms. The zero-order valence-electron chi connectivity index (χ0n) is 11.7. The van der Waals surface area contributed by atoms with E-state index in [9.17, 15) is 18.3 Å². The lowest BCUT2D eigenvalue weighted by molar-refractivity contribution is -0.137. The second-order valence-corrected chi connectivity index (χ2v) is 6.54. The van der Waals surface area contributed by atoms with Crippen molar-refractivity contribution in [2.24, 2.45) is 23.0 Å². The predicted molar refractivity (Wildman–Crippen MR) is 73.3 cm³/mol. The van der Waals surface area contributed by atoms with Gasteiger partial charge in [0, 0.05) is 12.0 Å². The maximum Gasteiger partial charge on any atom is 0.416 e. The second-order valence-electron chi connectivity index (χ2n) is 6.54. The van der Waals surface area contributed by atoms with Crippen molar-refractivity contribution in [3.8, 4) is 0 Å². The third-order valence-electron chi connectivity index (χ3n) is 5.48. The molecule has 2 fully saturated rings. The fraction of sp³-hybridized carbons (Fsp3) is 0.625. The predicted octanol–water partition coefficient (Wildman–Crippen LogP) is 3.50. The van der Waals surface area contributed by atoms with Gasteiger partial charge in [0.2, 0.25) is 0 Å². The molecule has 2 aliphatic rings. The normalized spacial score (nSPS) is 33.4. The first-order chi connectivity index (χ1) is 9.87. The molecule has 116 valence electrons. The number of nitrogens with two attached hydrogens (primary N) is 1. The van der Waals surface area contributed by atoms with Crippen molar-refractivity contribution in [2.75, 3.05) is 6.54 Å². The van der Waals surface area contributed by atoms with E-state index in [0.29, 0.717) is 23.9 Å². The van der Waals surface area contributed by atoms with E-state index in [1.54, 1.807) is 6.07 Å². The summed E-state index contributed by atoms with van der Waals surface area (Å²) >= 11 is 0. The van der Waals surface area contributed by atoms with Crippen LogP contribution in [0.3, 0.4) is 0 Å². The Balaban J connectivity index is 1.93. The number of hydrogen-bond donors (Lipinski definition) is 2. The Morgan fingerprint density at radius 3 is 2.62 bits per heavy atom. The molecule has 21 heavy (non-hydrogen) atoms. The van der Waals surface area contributed by atoms with Gasteiger partial charge < -0.3 is 10.8 Å². The number of aliphatic hydroxyl groups excluding tert-OH is 1. The molecule has 0 heterocycles. The maximum absolute atomic E-state index is 12.8. The summed E-state index contributed by atoms with van der Waals surface area (Å²) < 4.78 is 38.5. The summed E-state index contributed by atoms with van der Waals surface area (Å²) in [4.78, 5) is 0. The van der Waals surface area contributed by atoms with E-state index >= 15 is 0 Å². The van der Waals surface area contributed by atoms with Crippen molar-refractivity contribution in [1.29, 1.82) is 0 Å². The topological polar surface area (TPSA) is 46.2 Å². The third-order valence-corrected chi connectivity index (χ3v) is 5.48. The highest BCUT2D eigenvalue weighted by Gasteiger charge is 2.54. The molecule has 4 atom stereocenters. The Hall–Kier alpha value is -1.07. The number of rotatable bonds is 3. The van der Waals surface area contributed by atoms with Crippen molar-refractivity contribution >= 4 is 0 Å². The van der Waals surface area contributed by atoms with E-state index in [1.807, 2.05) is 0 Å². The van der Waals surface area contributed by atoms with Crippen LogP contribution in [-0.4, -0.2) is 11.7 Å². The Bertz CT molecular complexity index is 530. The minimum atomic E-state index is -4.39. The SMILES string of the molecule is NCC1(C(O)c2cccc(C(F)(F)F)c2)CC2CCC1C2. The number of benzene rings is 1. The number of aliphatic hydroxyl groups is 1. The molecule has 2 saturated carbocycles. The third kappa shape index (κ3) is 2.36. The highest BCUT2D eigenvalue weighted by Crippen LogP contribution is 2.60. The van der Waals surface area contributed by atoms with Gasteiger partial charge in [0.25, 0.3) is 0 Å². The summed E-state index contributed by atoms with van der Waals surface area (Å²) in [7, 11) is 0. The minimum Gasteiger partial charge on any atom is -0.388 e. The summed E-state index contributed by atoms with van der Waals surface area (Å²) in [6, 6.07) is 5.03. The van der Waals surface area contributed by atoms with Crippen molar-refractivity contribution < 1.29 is 18.3 Å². The Morgan fingerprint density at radius 2 is 2.10 bits per heavy atom. The zero-order valence-corrected chi connectivity index (χ0v) is 11.7. The van der Waals surface area contributed by atoms with Crippen LogP contribution in [0.25, 0.3) is 0 Å². The van der Waals surface area contributed by atoms with Gasteiger partial charge in [-0.1, -0.05) is 18.6 Å². The smallest absolute Gasteiger partial charge is 0.388 e. The lowest BCUT2D eigenvalue weighted by atomic mass is 9.67. The molecule has 4 unspecified atom stereocenters. The maximum atomic E-state index is 12.8. The molecule has 1 aromatic rings. The van der Waals surface area contributed by atoms with Crippen LogP contribution in [0, 0.1) is 17.3 Å². The van der Waals surface area contributed by atoms with E-state index in [2.05, 4.69) is 0 Å². The standard InChI is InChI=1S/C16H20F3NO/c17-16(18,19)13-3-1-2-11(7-13)14(21)15(9-20)8-10-4-5-12(15)6-10/h1-3,7,10,12,14,21H,4-6,8-9,20H2. The van der Waals surface area contributed by atoms with Crippen LogP contribution < -0.4 is 5.73 Å². The Kier molecular flexibility index (Phi) is 3.53. The van der Waals surface area contributed by atoms with Crippen molar-refractivity contribution in [3.05, 3.63) is 35.4 Å². The van der Waals surface area contributed by atoms with Gasteiger partial charge in [-0.15, -0.1) is 0 Å². The van der Waals surface area contributed by atoms with Gasteiger partial charge in [0.1, 0.15) is 0 Å². The molecule has 3 rings (SSSR count). The summed E-state index contributed by atoms with van der Waals surface area (Å²) in [6.45, 7) is 0.325. The van der Waals surface area contributed by atoms with Crippen LogP contribution in [0.15, 0.2) is 24.3 Å². The molecule has 1 aromatic carbocycles. The first kappa shape index (κ1) is 14.9. The number of hydrogen-bond acceptors (Lipinski definition) is 2. The van der Waals surface area contributed by atoms with Gasteiger partial charge in [-0.3, -0.25) is 0 Å². The van der Waals surface area contributed by atoms with Gasteiger partial charge in [0.05, 0.1) is 11.7 Å². The molecule has 5 heteroatoms. The van der Waals surface area contributed by atoms with E-state index in [1.165, 1.54) is 6.07 Å². The molecule has 2 bridgehead atoms. The molecular weight excluding hydrogens is 279 g/mol. The first-order valence-electron chi connectivity index (χ1n) is 7.42. The molecule has 2 aliphatic carbocycles. The molecule has 0 saturated heterocycles.